The Bertz CT molecular complexity index is 248. The average molecular weight is 152 g/mol. The molecule has 0 amide bonds. The zero-order chi connectivity index (χ0) is 8.43. The molecule has 0 atom stereocenters. The lowest BCUT2D eigenvalue weighted by atomic mass is 10.1. The largest absolute Gasteiger partial charge is 0.398 e. The maximum absolute atomic E-state index is 8.77. The van der Waals surface area contributed by atoms with Gasteiger partial charge in [-0.15, -0.1) is 0 Å². The Balaban J connectivity index is 3.21. The lowest BCUT2D eigenvalue weighted by Crippen LogP contribution is -1.98. The maximum atomic E-state index is 8.77. The van der Waals surface area contributed by atoms with Gasteiger partial charge >= 0.3 is 0 Å². The monoisotopic (exact) mass is 152 g/mol. The zero-order valence-electron chi connectivity index (χ0n) is 6.46. The molecule has 0 aliphatic carbocycles. The van der Waals surface area contributed by atoms with E-state index in [-0.39, 0.29) is 6.61 Å². The van der Waals surface area contributed by atoms with Crippen molar-refractivity contribution in [3.8, 4) is 0 Å². The maximum Gasteiger partial charge on any atom is 0.0683 e. The Kier molecular flexibility index (Phi) is 2.01. The van der Waals surface area contributed by atoms with E-state index < -0.39 is 0 Å². The Morgan fingerprint density at radius 3 is 2.09 bits per heavy atom. The summed E-state index contributed by atoms with van der Waals surface area (Å²) in [5.74, 6) is 0. The number of rotatable bonds is 1. The van der Waals surface area contributed by atoms with Crippen LogP contribution in [0.25, 0.3) is 0 Å². The van der Waals surface area contributed by atoms with Gasteiger partial charge in [-0.2, -0.15) is 0 Å². The molecular formula is C8H12N2O. The van der Waals surface area contributed by atoms with Gasteiger partial charge in [-0.1, -0.05) is 0 Å². The van der Waals surface area contributed by atoms with Gasteiger partial charge in [0.25, 0.3) is 0 Å². The third-order valence-electron chi connectivity index (χ3n) is 1.73. The molecule has 11 heavy (non-hydrogen) atoms. The van der Waals surface area contributed by atoms with Crippen molar-refractivity contribution in [1.29, 1.82) is 0 Å². The molecule has 0 saturated heterocycles. The van der Waals surface area contributed by atoms with Crippen molar-refractivity contribution < 1.29 is 5.11 Å². The molecule has 5 N–H and O–H groups in total. The molecule has 1 aromatic rings. The van der Waals surface area contributed by atoms with Gasteiger partial charge in [-0.05, 0) is 30.2 Å². The molecule has 0 fully saturated rings. The van der Waals surface area contributed by atoms with Crippen molar-refractivity contribution in [2.24, 2.45) is 0 Å². The van der Waals surface area contributed by atoms with Gasteiger partial charge in [-0.25, -0.2) is 0 Å². The number of anilines is 2. The Morgan fingerprint density at radius 2 is 1.73 bits per heavy atom. The molecule has 0 aromatic heterocycles. The number of nitrogen functional groups attached to an aromatic ring is 2. The molecule has 0 spiro atoms. The summed E-state index contributed by atoms with van der Waals surface area (Å²) in [7, 11) is 0. The molecule has 0 bridgehead atoms. The van der Waals surface area contributed by atoms with Crippen LogP contribution in [-0.2, 0) is 6.61 Å². The number of hydrogen-bond donors (Lipinski definition) is 3. The Labute approximate surface area is 65.6 Å². The predicted octanol–water partition coefficient (Wildman–Crippen LogP) is 0.652. The van der Waals surface area contributed by atoms with Crippen LogP contribution in [-0.4, -0.2) is 5.11 Å². The zero-order valence-corrected chi connectivity index (χ0v) is 6.46. The normalized spacial score (nSPS) is 10.0. The van der Waals surface area contributed by atoms with Crippen LogP contribution in [0, 0.1) is 6.92 Å². The van der Waals surface area contributed by atoms with Gasteiger partial charge in [-0.3, -0.25) is 0 Å². The van der Waals surface area contributed by atoms with Crippen LogP contribution in [0.15, 0.2) is 12.1 Å². The summed E-state index contributed by atoms with van der Waals surface area (Å²) in [4.78, 5) is 0. The first-order chi connectivity index (χ1) is 5.15. The number of aliphatic hydroxyl groups is 1. The molecular weight excluding hydrogens is 140 g/mol. The van der Waals surface area contributed by atoms with Crippen molar-refractivity contribution in [2.75, 3.05) is 11.5 Å². The quantitative estimate of drug-likeness (QED) is 0.517. The third kappa shape index (κ3) is 1.43. The van der Waals surface area contributed by atoms with Crippen molar-refractivity contribution in [3.05, 3.63) is 23.3 Å². The minimum Gasteiger partial charge on any atom is -0.398 e. The van der Waals surface area contributed by atoms with Gasteiger partial charge in [0, 0.05) is 11.4 Å². The molecule has 1 rings (SSSR count). The lowest BCUT2D eigenvalue weighted by Gasteiger charge is -2.05. The minimum atomic E-state index is -0.0192. The van der Waals surface area contributed by atoms with Crippen LogP contribution < -0.4 is 11.5 Å². The van der Waals surface area contributed by atoms with Crippen molar-refractivity contribution in [3.63, 3.8) is 0 Å². The second-order valence-corrected chi connectivity index (χ2v) is 2.56. The smallest absolute Gasteiger partial charge is 0.0683 e. The number of hydrogen-bond acceptors (Lipinski definition) is 3. The van der Waals surface area contributed by atoms with E-state index in [0.29, 0.717) is 11.4 Å². The highest BCUT2D eigenvalue weighted by Gasteiger charge is 2.00. The second kappa shape index (κ2) is 2.80. The highest BCUT2D eigenvalue weighted by atomic mass is 16.3. The fourth-order valence-electron chi connectivity index (χ4n) is 0.916. The number of aliphatic hydroxyl groups excluding tert-OH is 1. The molecule has 3 nitrogen and oxygen atoms in total. The third-order valence-corrected chi connectivity index (χ3v) is 1.73. The Morgan fingerprint density at radius 1 is 1.27 bits per heavy atom. The number of nitrogens with two attached hydrogens (primary N) is 2. The first kappa shape index (κ1) is 7.88. The van der Waals surface area contributed by atoms with E-state index in [9.17, 15) is 0 Å². The van der Waals surface area contributed by atoms with Crippen LogP contribution in [0.1, 0.15) is 11.1 Å². The van der Waals surface area contributed by atoms with E-state index >= 15 is 0 Å². The SMILES string of the molecule is Cc1c(N)cc(CO)cc1N. The fourth-order valence-corrected chi connectivity index (χ4v) is 0.916. The Hall–Kier alpha value is -1.22. The highest BCUT2D eigenvalue weighted by Crippen LogP contribution is 2.20. The summed E-state index contributed by atoms with van der Waals surface area (Å²) in [5, 5.41) is 8.77. The molecule has 1 aromatic carbocycles. The van der Waals surface area contributed by atoms with Gasteiger partial charge in [0.2, 0.25) is 0 Å². The molecule has 0 radical (unpaired) electrons. The van der Waals surface area contributed by atoms with Crippen LogP contribution in [0.5, 0.6) is 0 Å². The van der Waals surface area contributed by atoms with Crippen molar-refractivity contribution in [2.45, 2.75) is 13.5 Å². The predicted molar refractivity (Wildman–Crippen MR) is 45.9 cm³/mol. The summed E-state index contributed by atoms with van der Waals surface area (Å²) in [6, 6.07) is 3.46. The topological polar surface area (TPSA) is 72.3 Å². The minimum absolute atomic E-state index is 0.0192. The second-order valence-electron chi connectivity index (χ2n) is 2.56. The van der Waals surface area contributed by atoms with Crippen LogP contribution in [0.4, 0.5) is 11.4 Å². The molecule has 0 saturated carbocycles. The van der Waals surface area contributed by atoms with Crippen LogP contribution in [0.2, 0.25) is 0 Å². The summed E-state index contributed by atoms with van der Waals surface area (Å²) in [6.45, 7) is 1.83. The van der Waals surface area contributed by atoms with Gasteiger partial charge in [0.1, 0.15) is 0 Å². The molecule has 0 unspecified atom stereocenters. The highest BCUT2D eigenvalue weighted by molar-refractivity contribution is 5.62. The van der Waals surface area contributed by atoms with E-state index in [1.165, 1.54) is 0 Å². The van der Waals surface area contributed by atoms with E-state index in [4.69, 9.17) is 16.6 Å². The first-order valence-electron chi connectivity index (χ1n) is 3.40. The lowest BCUT2D eigenvalue weighted by molar-refractivity contribution is 0.282. The van der Waals surface area contributed by atoms with E-state index in [0.717, 1.165) is 11.1 Å². The molecule has 0 aliphatic rings. The summed E-state index contributed by atoms with van der Waals surface area (Å²) in [6.07, 6.45) is 0. The summed E-state index contributed by atoms with van der Waals surface area (Å²) in [5.41, 5.74) is 14.1. The first-order valence-corrected chi connectivity index (χ1v) is 3.40. The van der Waals surface area contributed by atoms with E-state index in [2.05, 4.69) is 0 Å². The van der Waals surface area contributed by atoms with Gasteiger partial charge < -0.3 is 16.6 Å². The van der Waals surface area contributed by atoms with Gasteiger partial charge in [0.15, 0.2) is 0 Å². The van der Waals surface area contributed by atoms with E-state index in [1.807, 2.05) is 6.92 Å². The van der Waals surface area contributed by atoms with Crippen molar-refractivity contribution >= 4 is 11.4 Å². The summed E-state index contributed by atoms with van der Waals surface area (Å²) < 4.78 is 0. The van der Waals surface area contributed by atoms with Crippen molar-refractivity contribution in [1.82, 2.24) is 0 Å². The van der Waals surface area contributed by atoms with Crippen LogP contribution >= 0.6 is 0 Å². The number of benzene rings is 1. The van der Waals surface area contributed by atoms with Gasteiger partial charge in [0.05, 0.1) is 6.61 Å². The molecule has 0 aliphatic heterocycles. The van der Waals surface area contributed by atoms with E-state index in [1.54, 1.807) is 12.1 Å². The fraction of sp³-hybridized carbons (Fsp3) is 0.250. The average Bonchev–Trinajstić information content (AvgIpc) is 1.99. The molecule has 0 heterocycles. The molecule has 60 valence electrons. The summed E-state index contributed by atoms with van der Waals surface area (Å²) >= 11 is 0. The standard InChI is InChI=1S/C8H12N2O/c1-5-7(9)2-6(4-11)3-8(5)10/h2-3,11H,4,9-10H2,1H3. The molecule has 3 heteroatoms. The van der Waals surface area contributed by atoms with Crippen LogP contribution in [0.3, 0.4) is 0 Å².